The van der Waals surface area contributed by atoms with Gasteiger partial charge in [-0.2, -0.15) is 0 Å². The largest absolute Gasteiger partial charge is 0.317 e. The highest BCUT2D eigenvalue weighted by Gasteiger charge is 2.31. The second kappa shape index (κ2) is 3.10. The zero-order valence-electron chi connectivity index (χ0n) is 5.90. The molecule has 0 unspecified atom stereocenters. The van der Waals surface area contributed by atoms with Gasteiger partial charge in [-0.1, -0.05) is 0 Å². The zero-order valence-corrected chi connectivity index (χ0v) is 5.90. The maximum absolute atomic E-state index is 12.3. The summed E-state index contributed by atoms with van der Waals surface area (Å²) in [7, 11) is 0. The van der Waals surface area contributed by atoms with Crippen LogP contribution >= 0.6 is 0 Å². The maximum Gasteiger partial charge on any atom is 0.128 e. The summed E-state index contributed by atoms with van der Waals surface area (Å²) in [4.78, 5) is 10.4. The first kappa shape index (κ1) is 7.66. The quantitative estimate of drug-likeness (QED) is 0.574. The van der Waals surface area contributed by atoms with Crippen LogP contribution in [0.15, 0.2) is 0 Å². The summed E-state index contributed by atoms with van der Waals surface area (Å²) in [6, 6.07) is 0. The molecule has 1 heterocycles. The molecule has 10 heavy (non-hydrogen) atoms. The molecule has 0 aromatic carbocycles. The Balaban J connectivity index is 2.52. The van der Waals surface area contributed by atoms with Gasteiger partial charge in [0.25, 0.3) is 0 Å². The van der Waals surface area contributed by atoms with Crippen LogP contribution in [0.3, 0.4) is 0 Å². The van der Waals surface area contributed by atoms with Crippen LogP contribution in [0.1, 0.15) is 12.8 Å². The minimum absolute atomic E-state index is 0.502. The molecule has 1 fully saturated rings. The molecule has 1 rings (SSSR count). The molecule has 1 saturated heterocycles. The van der Waals surface area contributed by atoms with E-state index in [9.17, 15) is 9.18 Å². The van der Waals surface area contributed by atoms with Crippen molar-refractivity contribution in [2.45, 2.75) is 12.8 Å². The number of hydrogen-bond acceptors (Lipinski definition) is 2. The monoisotopic (exact) mass is 145 g/mol. The Morgan fingerprint density at radius 2 is 2.10 bits per heavy atom. The lowest BCUT2D eigenvalue weighted by atomic mass is 9.82. The lowest BCUT2D eigenvalue weighted by Gasteiger charge is -2.29. The molecule has 0 saturated carbocycles. The maximum atomic E-state index is 12.3. The molecule has 1 aliphatic rings. The molecule has 0 amide bonds. The van der Waals surface area contributed by atoms with E-state index < -0.39 is 12.1 Å². The summed E-state index contributed by atoms with van der Waals surface area (Å²) in [6.45, 7) is 1.03. The van der Waals surface area contributed by atoms with Gasteiger partial charge in [0.1, 0.15) is 13.0 Å². The zero-order chi connectivity index (χ0) is 7.45. The predicted molar refractivity (Wildman–Crippen MR) is 36.6 cm³/mol. The number of piperidine rings is 1. The molecular weight excluding hydrogens is 133 g/mol. The van der Waals surface area contributed by atoms with Crippen LogP contribution in [-0.2, 0) is 4.79 Å². The summed E-state index contributed by atoms with van der Waals surface area (Å²) in [6.07, 6.45) is 2.06. The topological polar surface area (TPSA) is 29.1 Å². The molecule has 0 bridgehead atoms. The minimum atomic E-state index is -0.648. The molecule has 1 aliphatic heterocycles. The molecule has 0 spiro atoms. The van der Waals surface area contributed by atoms with Gasteiger partial charge >= 0.3 is 0 Å². The number of carbonyl (C=O) groups excluding carboxylic acids is 1. The second-order valence-electron chi connectivity index (χ2n) is 2.86. The van der Waals surface area contributed by atoms with Crippen LogP contribution < -0.4 is 5.32 Å². The van der Waals surface area contributed by atoms with Gasteiger partial charge < -0.3 is 10.1 Å². The van der Waals surface area contributed by atoms with Gasteiger partial charge in [-0.05, 0) is 25.9 Å². The van der Waals surface area contributed by atoms with Gasteiger partial charge in [0.15, 0.2) is 0 Å². The standard InChI is InChI=1S/C7H12FNO/c8-5-7(6-10)1-3-9-4-2-7/h6,9H,1-5H2. The van der Waals surface area contributed by atoms with Gasteiger partial charge in [-0.15, -0.1) is 0 Å². The molecule has 0 radical (unpaired) electrons. The van der Waals surface area contributed by atoms with Gasteiger partial charge in [-0.3, -0.25) is 4.39 Å². The number of aldehydes is 1. The van der Waals surface area contributed by atoms with Gasteiger partial charge in [0.2, 0.25) is 0 Å². The first-order valence-electron chi connectivity index (χ1n) is 3.56. The Morgan fingerprint density at radius 1 is 1.50 bits per heavy atom. The fourth-order valence-corrected chi connectivity index (χ4v) is 1.21. The third-order valence-corrected chi connectivity index (χ3v) is 2.12. The van der Waals surface area contributed by atoms with Gasteiger partial charge in [-0.25, -0.2) is 0 Å². The number of alkyl halides is 1. The lowest BCUT2D eigenvalue weighted by molar-refractivity contribution is -0.118. The van der Waals surface area contributed by atoms with Crippen molar-refractivity contribution in [2.75, 3.05) is 19.8 Å². The smallest absolute Gasteiger partial charge is 0.128 e. The SMILES string of the molecule is O=CC1(CF)CCNCC1. The fraction of sp³-hybridized carbons (Fsp3) is 0.857. The number of rotatable bonds is 2. The Hall–Kier alpha value is -0.440. The fourth-order valence-electron chi connectivity index (χ4n) is 1.21. The Labute approximate surface area is 59.8 Å². The van der Waals surface area contributed by atoms with E-state index in [0.717, 1.165) is 19.4 Å². The van der Waals surface area contributed by atoms with E-state index in [4.69, 9.17) is 0 Å². The van der Waals surface area contributed by atoms with Crippen molar-refractivity contribution in [3.05, 3.63) is 0 Å². The molecule has 0 atom stereocenters. The van der Waals surface area contributed by atoms with Crippen molar-refractivity contribution < 1.29 is 9.18 Å². The molecule has 0 aromatic heterocycles. The third kappa shape index (κ3) is 1.34. The Bertz CT molecular complexity index is 121. The number of halogens is 1. The summed E-state index contributed by atoms with van der Waals surface area (Å²) in [5.41, 5.74) is -0.648. The van der Waals surface area contributed by atoms with Crippen LogP contribution in [-0.4, -0.2) is 26.1 Å². The number of nitrogens with one attached hydrogen (secondary N) is 1. The van der Waals surface area contributed by atoms with E-state index >= 15 is 0 Å². The summed E-state index contributed by atoms with van der Waals surface area (Å²) in [5, 5.41) is 3.08. The average Bonchev–Trinajstić information content (AvgIpc) is 2.06. The van der Waals surface area contributed by atoms with Crippen LogP contribution in [0, 0.1) is 5.41 Å². The summed E-state index contributed by atoms with van der Waals surface area (Å²) < 4.78 is 12.3. The highest BCUT2D eigenvalue weighted by atomic mass is 19.1. The molecule has 58 valence electrons. The van der Waals surface area contributed by atoms with E-state index in [0.29, 0.717) is 12.8 Å². The molecule has 1 N–H and O–H groups in total. The summed E-state index contributed by atoms with van der Waals surface area (Å²) in [5.74, 6) is 0. The second-order valence-corrected chi connectivity index (χ2v) is 2.86. The molecular formula is C7H12FNO. The van der Waals surface area contributed by atoms with Crippen molar-refractivity contribution in [3.63, 3.8) is 0 Å². The highest BCUT2D eigenvalue weighted by molar-refractivity contribution is 5.59. The summed E-state index contributed by atoms with van der Waals surface area (Å²) >= 11 is 0. The van der Waals surface area contributed by atoms with Crippen molar-refractivity contribution in [3.8, 4) is 0 Å². The van der Waals surface area contributed by atoms with E-state index in [1.54, 1.807) is 0 Å². The van der Waals surface area contributed by atoms with Gasteiger partial charge in [0, 0.05) is 0 Å². The van der Waals surface area contributed by atoms with E-state index in [1.165, 1.54) is 0 Å². The van der Waals surface area contributed by atoms with Crippen molar-refractivity contribution in [1.82, 2.24) is 5.32 Å². The average molecular weight is 145 g/mol. The van der Waals surface area contributed by atoms with Crippen molar-refractivity contribution in [2.24, 2.45) is 5.41 Å². The van der Waals surface area contributed by atoms with Crippen LogP contribution in [0.25, 0.3) is 0 Å². The first-order chi connectivity index (χ1) is 4.83. The van der Waals surface area contributed by atoms with Gasteiger partial charge in [0.05, 0.1) is 5.41 Å². The predicted octanol–water partition coefficient (Wildman–Crippen LogP) is 0.525. The number of carbonyl (C=O) groups is 1. The van der Waals surface area contributed by atoms with Crippen LogP contribution in [0.2, 0.25) is 0 Å². The molecule has 0 aromatic rings. The number of hydrogen-bond donors (Lipinski definition) is 1. The minimum Gasteiger partial charge on any atom is -0.317 e. The highest BCUT2D eigenvalue weighted by Crippen LogP contribution is 2.26. The van der Waals surface area contributed by atoms with E-state index in [-0.39, 0.29) is 0 Å². The molecule has 2 nitrogen and oxygen atoms in total. The van der Waals surface area contributed by atoms with Crippen LogP contribution in [0.4, 0.5) is 4.39 Å². The lowest BCUT2D eigenvalue weighted by Crippen LogP contribution is -2.39. The van der Waals surface area contributed by atoms with Crippen molar-refractivity contribution in [1.29, 1.82) is 0 Å². The Morgan fingerprint density at radius 3 is 2.40 bits per heavy atom. The molecule has 3 heteroatoms. The normalized spacial score (nSPS) is 24.1. The first-order valence-corrected chi connectivity index (χ1v) is 3.56. The van der Waals surface area contributed by atoms with E-state index in [2.05, 4.69) is 5.32 Å². The Kier molecular flexibility index (Phi) is 2.38. The van der Waals surface area contributed by atoms with Crippen molar-refractivity contribution >= 4 is 6.29 Å². The third-order valence-electron chi connectivity index (χ3n) is 2.12. The van der Waals surface area contributed by atoms with E-state index in [1.807, 2.05) is 0 Å². The van der Waals surface area contributed by atoms with Crippen LogP contribution in [0.5, 0.6) is 0 Å². The molecule has 0 aliphatic carbocycles.